The van der Waals surface area contributed by atoms with Crippen molar-refractivity contribution in [2.24, 2.45) is 0 Å². The fourth-order valence-corrected chi connectivity index (χ4v) is 1.46. The summed E-state index contributed by atoms with van der Waals surface area (Å²) >= 11 is 3.08. The maximum Gasteiger partial charge on any atom is 0.573 e. The Kier molecular flexibility index (Phi) is 2.71. The van der Waals surface area contributed by atoms with Gasteiger partial charge < -0.3 is 4.74 Å². The van der Waals surface area contributed by atoms with Gasteiger partial charge in [-0.15, -0.1) is 13.2 Å². The number of hydrogen-bond donors (Lipinski definition) is 0. The maximum absolute atomic E-state index is 12.0. The SMILES string of the molecule is FC(F)(F)Oc1ccc2ncc(Br)nc2c1. The summed E-state index contributed by atoms with van der Waals surface area (Å²) in [5, 5.41) is 0. The van der Waals surface area contributed by atoms with Gasteiger partial charge in [0.1, 0.15) is 10.4 Å². The van der Waals surface area contributed by atoms with Crippen molar-refractivity contribution in [3.8, 4) is 5.75 Å². The van der Waals surface area contributed by atoms with Crippen LogP contribution in [0, 0.1) is 0 Å². The van der Waals surface area contributed by atoms with E-state index in [0.29, 0.717) is 15.6 Å². The topological polar surface area (TPSA) is 35.0 Å². The largest absolute Gasteiger partial charge is 0.573 e. The molecule has 0 amide bonds. The van der Waals surface area contributed by atoms with Gasteiger partial charge in [0, 0.05) is 6.07 Å². The Morgan fingerprint density at radius 3 is 2.62 bits per heavy atom. The lowest BCUT2D eigenvalue weighted by atomic mass is 10.3. The molecule has 1 aromatic carbocycles. The third-order valence-corrected chi connectivity index (χ3v) is 2.10. The number of benzene rings is 1. The number of nitrogens with zero attached hydrogens (tertiary/aromatic N) is 2. The monoisotopic (exact) mass is 292 g/mol. The molecule has 0 aliphatic rings. The highest BCUT2D eigenvalue weighted by molar-refractivity contribution is 9.10. The Hall–Kier alpha value is -1.37. The van der Waals surface area contributed by atoms with Crippen LogP contribution in [-0.2, 0) is 0 Å². The van der Waals surface area contributed by atoms with E-state index < -0.39 is 6.36 Å². The van der Waals surface area contributed by atoms with Gasteiger partial charge in [-0.1, -0.05) is 0 Å². The normalized spacial score (nSPS) is 11.8. The first-order valence-electron chi connectivity index (χ1n) is 4.12. The Labute approximate surface area is 96.4 Å². The van der Waals surface area contributed by atoms with Gasteiger partial charge in [0.25, 0.3) is 0 Å². The Morgan fingerprint density at radius 2 is 1.94 bits per heavy atom. The fraction of sp³-hybridized carbons (Fsp3) is 0.111. The highest BCUT2D eigenvalue weighted by atomic mass is 79.9. The molecule has 2 aromatic rings. The molecule has 0 spiro atoms. The molecule has 2 rings (SSSR count). The lowest BCUT2D eigenvalue weighted by Gasteiger charge is -2.08. The maximum atomic E-state index is 12.0. The fourth-order valence-electron chi connectivity index (χ4n) is 1.17. The van der Waals surface area contributed by atoms with Crippen molar-refractivity contribution in [3.05, 3.63) is 29.0 Å². The van der Waals surface area contributed by atoms with Crippen LogP contribution >= 0.6 is 15.9 Å². The molecule has 16 heavy (non-hydrogen) atoms. The zero-order valence-electron chi connectivity index (χ0n) is 7.62. The van der Waals surface area contributed by atoms with E-state index in [4.69, 9.17) is 0 Å². The van der Waals surface area contributed by atoms with Crippen molar-refractivity contribution in [1.82, 2.24) is 9.97 Å². The molecule has 0 unspecified atom stereocenters. The van der Waals surface area contributed by atoms with Crippen LogP contribution in [0.15, 0.2) is 29.0 Å². The number of fused-ring (bicyclic) bond motifs is 1. The van der Waals surface area contributed by atoms with Crippen molar-refractivity contribution in [3.63, 3.8) is 0 Å². The Bertz CT molecular complexity index is 530. The lowest BCUT2D eigenvalue weighted by molar-refractivity contribution is -0.274. The van der Waals surface area contributed by atoms with Crippen molar-refractivity contribution in [1.29, 1.82) is 0 Å². The second-order valence-electron chi connectivity index (χ2n) is 2.89. The summed E-state index contributed by atoms with van der Waals surface area (Å²) in [6, 6.07) is 3.79. The molecule has 1 heterocycles. The summed E-state index contributed by atoms with van der Waals surface area (Å²) in [5.41, 5.74) is 0.828. The molecule has 0 fully saturated rings. The molecule has 0 saturated heterocycles. The van der Waals surface area contributed by atoms with Gasteiger partial charge in [-0.2, -0.15) is 0 Å². The predicted octanol–water partition coefficient (Wildman–Crippen LogP) is 3.29. The summed E-state index contributed by atoms with van der Waals surface area (Å²) in [6.45, 7) is 0. The average molecular weight is 293 g/mol. The Balaban J connectivity index is 2.43. The quantitative estimate of drug-likeness (QED) is 0.809. The molecule has 0 radical (unpaired) electrons. The minimum Gasteiger partial charge on any atom is -0.406 e. The van der Waals surface area contributed by atoms with Crippen molar-refractivity contribution in [2.45, 2.75) is 6.36 Å². The molecular weight excluding hydrogens is 289 g/mol. The molecular formula is C9H4BrF3N2O. The van der Waals surface area contributed by atoms with Gasteiger partial charge in [0.05, 0.1) is 17.2 Å². The first-order valence-corrected chi connectivity index (χ1v) is 4.91. The van der Waals surface area contributed by atoms with Gasteiger partial charge in [-0.25, -0.2) is 4.98 Å². The molecule has 0 atom stereocenters. The average Bonchev–Trinajstić information content (AvgIpc) is 2.14. The molecule has 0 N–H and O–H groups in total. The number of ether oxygens (including phenoxy) is 1. The zero-order chi connectivity index (χ0) is 11.8. The van der Waals surface area contributed by atoms with Crippen LogP contribution in [0.2, 0.25) is 0 Å². The van der Waals surface area contributed by atoms with Crippen LogP contribution in [0.4, 0.5) is 13.2 Å². The van der Waals surface area contributed by atoms with E-state index in [9.17, 15) is 13.2 Å². The summed E-state index contributed by atoms with van der Waals surface area (Å²) in [7, 11) is 0. The van der Waals surface area contributed by atoms with Crippen molar-refractivity contribution >= 4 is 27.0 Å². The van der Waals surface area contributed by atoms with E-state index in [0.717, 1.165) is 0 Å². The summed E-state index contributed by atoms with van der Waals surface area (Å²) < 4.78 is 40.1. The van der Waals surface area contributed by atoms with Gasteiger partial charge in [0.2, 0.25) is 0 Å². The minimum absolute atomic E-state index is 0.313. The Morgan fingerprint density at radius 1 is 1.19 bits per heavy atom. The zero-order valence-corrected chi connectivity index (χ0v) is 9.21. The summed E-state index contributed by atoms with van der Waals surface area (Å²) in [4.78, 5) is 7.95. The third-order valence-electron chi connectivity index (χ3n) is 1.72. The van der Waals surface area contributed by atoms with Crippen molar-refractivity contribution < 1.29 is 17.9 Å². The van der Waals surface area contributed by atoms with E-state index in [-0.39, 0.29) is 5.75 Å². The van der Waals surface area contributed by atoms with Gasteiger partial charge in [-0.3, -0.25) is 4.98 Å². The van der Waals surface area contributed by atoms with E-state index in [1.807, 2.05) is 0 Å². The van der Waals surface area contributed by atoms with Gasteiger partial charge >= 0.3 is 6.36 Å². The predicted molar refractivity (Wildman–Crippen MR) is 53.9 cm³/mol. The minimum atomic E-state index is -4.70. The second kappa shape index (κ2) is 3.89. The van der Waals surface area contributed by atoms with Crippen LogP contribution in [0.25, 0.3) is 11.0 Å². The number of hydrogen-bond acceptors (Lipinski definition) is 3. The standard InChI is InChI=1S/C9H4BrF3N2O/c10-8-4-14-6-2-1-5(3-7(6)15-8)16-9(11,12)13/h1-4H. The second-order valence-corrected chi connectivity index (χ2v) is 3.70. The van der Waals surface area contributed by atoms with E-state index in [1.165, 1.54) is 24.4 Å². The first-order chi connectivity index (χ1) is 7.44. The molecule has 0 bridgehead atoms. The third kappa shape index (κ3) is 2.60. The van der Waals surface area contributed by atoms with E-state index in [2.05, 4.69) is 30.6 Å². The summed E-state index contributed by atoms with van der Waals surface area (Å²) in [6.07, 6.45) is -3.24. The number of rotatable bonds is 1. The highest BCUT2D eigenvalue weighted by Crippen LogP contribution is 2.25. The summed E-state index contributed by atoms with van der Waals surface area (Å²) in [5.74, 6) is -0.313. The number of aromatic nitrogens is 2. The molecule has 3 nitrogen and oxygen atoms in total. The van der Waals surface area contributed by atoms with Crippen molar-refractivity contribution in [2.75, 3.05) is 0 Å². The van der Waals surface area contributed by atoms with Crippen LogP contribution in [0.5, 0.6) is 5.75 Å². The van der Waals surface area contributed by atoms with E-state index >= 15 is 0 Å². The van der Waals surface area contributed by atoms with Crippen LogP contribution < -0.4 is 4.74 Å². The molecule has 1 aromatic heterocycles. The molecule has 84 valence electrons. The van der Waals surface area contributed by atoms with Gasteiger partial charge in [-0.05, 0) is 28.1 Å². The smallest absolute Gasteiger partial charge is 0.406 e. The first kappa shape index (κ1) is 11.1. The van der Waals surface area contributed by atoms with Gasteiger partial charge in [0.15, 0.2) is 0 Å². The lowest BCUT2D eigenvalue weighted by Crippen LogP contribution is -2.17. The van der Waals surface area contributed by atoms with Crippen LogP contribution in [0.3, 0.4) is 0 Å². The molecule has 7 heteroatoms. The molecule has 0 aliphatic heterocycles. The van der Waals surface area contributed by atoms with Crippen LogP contribution in [-0.4, -0.2) is 16.3 Å². The van der Waals surface area contributed by atoms with Crippen LogP contribution in [0.1, 0.15) is 0 Å². The van der Waals surface area contributed by atoms with E-state index in [1.54, 1.807) is 0 Å². The molecule has 0 saturated carbocycles. The highest BCUT2D eigenvalue weighted by Gasteiger charge is 2.31. The number of alkyl halides is 3. The molecule has 0 aliphatic carbocycles. The number of halogens is 4.